The Bertz CT molecular complexity index is 869. The standard InChI is InChI=1S/C26H33NO4/c1-3-25(20-30-17-22-8-5-4-6-9-22)14-7-15-26(18-25)19-27(24(28)31-26)16-21-10-12-23(29-2)13-11-21/h4-6,8-13H,3,7,14-20H2,1-2H3/t25-,26?/m1/s1. The molecule has 1 saturated carbocycles. The summed E-state index contributed by atoms with van der Waals surface area (Å²) >= 11 is 0. The molecule has 1 unspecified atom stereocenters. The van der Waals surface area contributed by atoms with Crippen molar-refractivity contribution in [3.63, 3.8) is 0 Å². The van der Waals surface area contributed by atoms with Crippen LogP contribution in [0.25, 0.3) is 0 Å². The van der Waals surface area contributed by atoms with E-state index in [0.29, 0.717) is 26.3 Å². The predicted octanol–water partition coefficient (Wildman–Crippen LogP) is 5.57. The molecule has 2 aromatic carbocycles. The number of carbonyl (C=O) groups excluding carboxylic acids is 1. The van der Waals surface area contributed by atoms with E-state index in [0.717, 1.165) is 43.4 Å². The molecule has 4 rings (SSSR count). The van der Waals surface area contributed by atoms with Crippen molar-refractivity contribution < 1.29 is 19.0 Å². The highest BCUT2D eigenvalue weighted by molar-refractivity contribution is 5.70. The van der Waals surface area contributed by atoms with Crippen molar-refractivity contribution in [1.82, 2.24) is 4.90 Å². The van der Waals surface area contributed by atoms with Crippen LogP contribution in [-0.4, -0.2) is 36.9 Å². The Morgan fingerprint density at radius 1 is 1.03 bits per heavy atom. The molecule has 1 aliphatic heterocycles. The lowest BCUT2D eigenvalue weighted by Crippen LogP contribution is -2.46. The first-order valence-corrected chi connectivity index (χ1v) is 11.3. The van der Waals surface area contributed by atoms with Gasteiger partial charge in [0.15, 0.2) is 0 Å². The Morgan fingerprint density at radius 2 is 1.81 bits per heavy atom. The first-order valence-electron chi connectivity index (χ1n) is 11.3. The van der Waals surface area contributed by atoms with Gasteiger partial charge in [0.05, 0.1) is 26.9 Å². The Morgan fingerprint density at radius 3 is 2.52 bits per heavy atom. The number of benzene rings is 2. The molecule has 1 spiro atoms. The predicted molar refractivity (Wildman–Crippen MR) is 120 cm³/mol. The van der Waals surface area contributed by atoms with Crippen molar-refractivity contribution in [2.24, 2.45) is 5.41 Å². The number of hydrogen-bond donors (Lipinski definition) is 0. The second-order valence-electron chi connectivity index (χ2n) is 9.12. The molecule has 1 saturated heterocycles. The van der Waals surface area contributed by atoms with Crippen LogP contribution in [0.2, 0.25) is 0 Å². The quantitative estimate of drug-likeness (QED) is 0.557. The molecule has 31 heavy (non-hydrogen) atoms. The molecule has 0 aromatic heterocycles. The van der Waals surface area contributed by atoms with Gasteiger partial charge in [-0.1, -0.05) is 49.4 Å². The molecular formula is C26H33NO4. The molecule has 5 nitrogen and oxygen atoms in total. The van der Waals surface area contributed by atoms with Crippen LogP contribution in [0.3, 0.4) is 0 Å². The van der Waals surface area contributed by atoms with E-state index in [4.69, 9.17) is 14.2 Å². The molecule has 5 heteroatoms. The maximum atomic E-state index is 12.7. The van der Waals surface area contributed by atoms with Gasteiger partial charge in [0, 0.05) is 6.54 Å². The number of amides is 1. The molecule has 1 amide bonds. The lowest BCUT2D eigenvalue weighted by molar-refractivity contribution is -0.0683. The third kappa shape index (κ3) is 5.04. The summed E-state index contributed by atoms with van der Waals surface area (Å²) in [5.74, 6) is 0.819. The molecule has 2 aromatic rings. The maximum Gasteiger partial charge on any atom is 0.410 e. The smallest absolute Gasteiger partial charge is 0.410 e. The maximum absolute atomic E-state index is 12.7. The molecule has 2 aliphatic rings. The van der Waals surface area contributed by atoms with E-state index >= 15 is 0 Å². The zero-order valence-corrected chi connectivity index (χ0v) is 18.6. The molecular weight excluding hydrogens is 390 g/mol. The van der Waals surface area contributed by atoms with E-state index < -0.39 is 5.60 Å². The zero-order chi connectivity index (χ0) is 21.7. The summed E-state index contributed by atoms with van der Waals surface area (Å²) in [6.07, 6.45) is 4.81. The van der Waals surface area contributed by atoms with Gasteiger partial charge in [-0.25, -0.2) is 4.79 Å². The van der Waals surface area contributed by atoms with Crippen LogP contribution < -0.4 is 4.74 Å². The van der Waals surface area contributed by atoms with Gasteiger partial charge in [0.1, 0.15) is 11.4 Å². The number of carbonyl (C=O) groups is 1. The average Bonchev–Trinajstić information content (AvgIpc) is 3.08. The monoisotopic (exact) mass is 423 g/mol. The highest BCUT2D eigenvalue weighted by Crippen LogP contribution is 2.48. The third-order valence-electron chi connectivity index (χ3n) is 6.88. The Hall–Kier alpha value is -2.53. The van der Waals surface area contributed by atoms with Gasteiger partial charge in [-0.3, -0.25) is 4.90 Å². The minimum Gasteiger partial charge on any atom is -0.497 e. The Kier molecular flexibility index (Phi) is 6.51. The summed E-state index contributed by atoms with van der Waals surface area (Å²) in [5, 5.41) is 0. The lowest BCUT2D eigenvalue weighted by Gasteiger charge is -2.44. The van der Waals surface area contributed by atoms with Gasteiger partial charge in [-0.05, 0) is 60.8 Å². The van der Waals surface area contributed by atoms with Gasteiger partial charge in [0.25, 0.3) is 0 Å². The first kappa shape index (κ1) is 21.7. The zero-order valence-electron chi connectivity index (χ0n) is 18.6. The van der Waals surface area contributed by atoms with E-state index in [-0.39, 0.29) is 11.5 Å². The summed E-state index contributed by atoms with van der Waals surface area (Å²) in [5.41, 5.74) is 1.94. The average molecular weight is 424 g/mol. The minimum atomic E-state index is -0.395. The van der Waals surface area contributed by atoms with Crippen LogP contribution >= 0.6 is 0 Å². The summed E-state index contributed by atoms with van der Waals surface area (Å²) in [7, 11) is 1.66. The van der Waals surface area contributed by atoms with Crippen LogP contribution in [0.1, 0.15) is 50.2 Å². The van der Waals surface area contributed by atoms with Crippen molar-refractivity contribution in [3.8, 4) is 5.75 Å². The Labute approximate surface area is 185 Å². The molecule has 1 aliphatic carbocycles. The van der Waals surface area contributed by atoms with Gasteiger partial charge < -0.3 is 14.2 Å². The van der Waals surface area contributed by atoms with E-state index in [1.807, 2.05) is 47.4 Å². The van der Waals surface area contributed by atoms with Crippen LogP contribution in [0.5, 0.6) is 5.75 Å². The molecule has 0 N–H and O–H groups in total. The molecule has 1 heterocycles. The van der Waals surface area contributed by atoms with Gasteiger partial charge in [-0.2, -0.15) is 0 Å². The number of ether oxygens (including phenoxy) is 3. The fraction of sp³-hybridized carbons (Fsp3) is 0.500. The van der Waals surface area contributed by atoms with Gasteiger partial charge >= 0.3 is 6.09 Å². The second-order valence-corrected chi connectivity index (χ2v) is 9.12. The number of methoxy groups -OCH3 is 1. The first-order chi connectivity index (χ1) is 15.1. The lowest BCUT2D eigenvalue weighted by atomic mass is 9.66. The summed E-state index contributed by atoms with van der Waals surface area (Å²) in [6.45, 7) is 4.78. The fourth-order valence-electron chi connectivity index (χ4n) is 5.12. The minimum absolute atomic E-state index is 0.0590. The van der Waals surface area contributed by atoms with Crippen LogP contribution in [0.4, 0.5) is 4.79 Å². The SMILES string of the molecule is CC[C@@]1(COCc2ccccc2)CCCC2(CN(Cc3ccc(OC)cc3)C(=O)O2)C1. The van der Waals surface area contributed by atoms with E-state index in [9.17, 15) is 4.79 Å². The topological polar surface area (TPSA) is 48.0 Å². The number of nitrogens with zero attached hydrogens (tertiary/aromatic N) is 1. The van der Waals surface area contributed by atoms with Crippen LogP contribution in [0.15, 0.2) is 54.6 Å². The van der Waals surface area contributed by atoms with Crippen LogP contribution in [-0.2, 0) is 22.6 Å². The van der Waals surface area contributed by atoms with Crippen molar-refractivity contribution in [3.05, 3.63) is 65.7 Å². The summed E-state index contributed by atoms with van der Waals surface area (Å²) in [4.78, 5) is 14.6. The highest BCUT2D eigenvalue weighted by Gasteiger charge is 2.52. The number of rotatable bonds is 8. The van der Waals surface area contributed by atoms with E-state index in [2.05, 4.69) is 19.1 Å². The van der Waals surface area contributed by atoms with Crippen molar-refractivity contribution in [1.29, 1.82) is 0 Å². The van der Waals surface area contributed by atoms with Gasteiger partial charge in [0.2, 0.25) is 0 Å². The summed E-state index contributed by atoms with van der Waals surface area (Å²) in [6, 6.07) is 18.2. The van der Waals surface area contributed by atoms with Crippen molar-refractivity contribution in [2.45, 2.75) is 57.8 Å². The normalized spacial score (nSPS) is 25.6. The molecule has 0 bridgehead atoms. The molecule has 2 fully saturated rings. The highest BCUT2D eigenvalue weighted by atomic mass is 16.6. The van der Waals surface area contributed by atoms with E-state index in [1.165, 1.54) is 5.56 Å². The third-order valence-corrected chi connectivity index (χ3v) is 6.88. The molecule has 166 valence electrons. The van der Waals surface area contributed by atoms with E-state index in [1.54, 1.807) is 7.11 Å². The second kappa shape index (κ2) is 9.31. The van der Waals surface area contributed by atoms with Gasteiger partial charge in [-0.15, -0.1) is 0 Å². The molecule has 2 atom stereocenters. The summed E-state index contributed by atoms with van der Waals surface area (Å²) < 4.78 is 17.4. The van der Waals surface area contributed by atoms with Crippen LogP contribution in [0, 0.1) is 5.41 Å². The Balaban J connectivity index is 1.39. The largest absolute Gasteiger partial charge is 0.497 e. The van der Waals surface area contributed by atoms with Crippen molar-refractivity contribution in [2.75, 3.05) is 20.3 Å². The van der Waals surface area contributed by atoms with Crippen molar-refractivity contribution >= 4 is 6.09 Å². The molecule has 0 radical (unpaired) electrons. The number of hydrogen-bond acceptors (Lipinski definition) is 4. The fourth-order valence-corrected chi connectivity index (χ4v) is 5.12.